The Morgan fingerprint density at radius 1 is 0.868 bits per heavy atom. The summed E-state index contributed by atoms with van der Waals surface area (Å²) < 4.78 is 20.3. The third-order valence-electron chi connectivity index (χ3n) is 17.9. The van der Waals surface area contributed by atoms with Gasteiger partial charge in [0.15, 0.2) is 0 Å². The molecule has 292 valence electrons. The van der Waals surface area contributed by atoms with Gasteiger partial charge in [0.05, 0.1) is 22.6 Å². The van der Waals surface area contributed by atoms with Crippen LogP contribution in [-0.2, 0) is 4.79 Å². The number of hydrogen-bond acceptors (Lipinski definition) is 5. The minimum atomic E-state index is -2.54. The molecule has 1 aliphatic heterocycles. The van der Waals surface area contributed by atoms with Crippen molar-refractivity contribution in [3.63, 3.8) is 0 Å². The number of carboxylic acid groups (broad SMARTS) is 1. The van der Waals surface area contributed by atoms with E-state index in [0.717, 1.165) is 25.8 Å². The molecule has 8 rings (SSSR count). The number of carbonyl (C=O) groups is 2. The fraction of sp³-hybridized carbons (Fsp3) is 0.733. The highest BCUT2D eigenvalue weighted by atomic mass is 32.3. The van der Waals surface area contributed by atoms with E-state index in [4.69, 9.17) is 0 Å². The van der Waals surface area contributed by atoms with Crippen LogP contribution in [-0.4, -0.2) is 67.7 Å². The van der Waals surface area contributed by atoms with Gasteiger partial charge in [0.2, 0.25) is 5.91 Å². The molecule has 4 N–H and O–H groups in total. The lowest BCUT2D eigenvalue weighted by Gasteiger charge is -2.72. The molecular formula is C45H66N2O5S. The summed E-state index contributed by atoms with van der Waals surface area (Å²) in [5, 5.41) is 13.5. The summed E-state index contributed by atoms with van der Waals surface area (Å²) in [7, 11) is -2.54. The summed E-state index contributed by atoms with van der Waals surface area (Å²) in [6, 6.07) is 7.57. The lowest BCUT2D eigenvalue weighted by molar-refractivity contribution is -0.225. The summed E-state index contributed by atoms with van der Waals surface area (Å²) in [6.45, 7) is 21.6. The van der Waals surface area contributed by atoms with E-state index in [0.29, 0.717) is 59.7 Å². The number of fused-ring (bicyclic) bond motifs is 7. The van der Waals surface area contributed by atoms with Crippen LogP contribution >= 0.6 is 10.6 Å². The van der Waals surface area contributed by atoms with Gasteiger partial charge in [-0.15, -0.1) is 0 Å². The van der Waals surface area contributed by atoms with E-state index >= 15 is 0 Å². The molecule has 1 saturated heterocycles. The number of aromatic carboxylic acids is 1. The molecule has 9 atom stereocenters. The van der Waals surface area contributed by atoms with Crippen molar-refractivity contribution in [3.8, 4) is 0 Å². The predicted molar refractivity (Wildman–Crippen MR) is 215 cm³/mol. The molecule has 6 fully saturated rings. The van der Waals surface area contributed by atoms with Crippen molar-refractivity contribution in [2.75, 3.05) is 31.1 Å². The molecule has 7 aliphatic rings. The maximum Gasteiger partial charge on any atom is 0.335 e. The Morgan fingerprint density at radius 2 is 1.55 bits per heavy atom. The number of benzene rings is 1. The number of nitrogens with one attached hydrogen (secondary N) is 1. The second-order valence-corrected chi connectivity index (χ2v) is 22.8. The standard InChI is InChI=1S/C45H66N2O5S/c1-29(2)32-14-19-44(28-46-45(22-23-45)39(50)47-24-26-53(51,52)27-25-47)21-20-42(6)34(37(32)44)12-13-36-41(5)17-15-33(30-8-10-31(11-9-30)38(48)49)40(3,4)35(41)16-18-43(36,42)7/h8-11,15,32,34-37,46,51-52H,1,12-14,16-28H2,2-7H3,(H,48,49)/t32-,34+,35-,36+,37+,41-,42+,43+,44+/m0/s1. The smallest absolute Gasteiger partial charge is 0.335 e. The molecule has 0 spiro atoms. The van der Waals surface area contributed by atoms with Crippen LogP contribution in [0.3, 0.4) is 0 Å². The van der Waals surface area contributed by atoms with Crippen molar-refractivity contribution < 1.29 is 23.8 Å². The normalized spacial score (nSPS) is 42.5. The van der Waals surface area contributed by atoms with E-state index in [9.17, 15) is 23.8 Å². The summed E-state index contributed by atoms with van der Waals surface area (Å²) in [6.07, 6.45) is 15.3. The average molecular weight is 747 g/mol. The highest BCUT2D eigenvalue weighted by Gasteiger charge is 2.70. The molecule has 0 radical (unpaired) electrons. The van der Waals surface area contributed by atoms with E-state index in [2.05, 4.69) is 59.5 Å². The summed E-state index contributed by atoms with van der Waals surface area (Å²) >= 11 is 0. The first-order valence-corrected chi connectivity index (χ1v) is 22.7. The summed E-state index contributed by atoms with van der Waals surface area (Å²) in [5.74, 6) is 2.86. The first-order chi connectivity index (χ1) is 24.8. The Kier molecular flexibility index (Phi) is 8.86. The Morgan fingerprint density at radius 3 is 2.17 bits per heavy atom. The van der Waals surface area contributed by atoms with E-state index in [-0.39, 0.29) is 33.0 Å². The van der Waals surface area contributed by atoms with Gasteiger partial charge in [0.1, 0.15) is 0 Å². The molecule has 1 aromatic rings. The monoisotopic (exact) mass is 746 g/mol. The zero-order valence-electron chi connectivity index (χ0n) is 33.3. The van der Waals surface area contributed by atoms with Crippen molar-refractivity contribution in [3.05, 3.63) is 53.6 Å². The molecule has 53 heavy (non-hydrogen) atoms. The Labute approximate surface area is 320 Å². The summed E-state index contributed by atoms with van der Waals surface area (Å²) in [5.41, 5.74) is 4.61. The van der Waals surface area contributed by atoms with E-state index in [1.54, 1.807) is 12.1 Å². The minimum Gasteiger partial charge on any atom is -0.478 e. The van der Waals surface area contributed by atoms with Crippen molar-refractivity contribution in [2.24, 2.45) is 56.7 Å². The van der Waals surface area contributed by atoms with Gasteiger partial charge >= 0.3 is 5.97 Å². The Bertz CT molecular complexity index is 1700. The van der Waals surface area contributed by atoms with Crippen LogP contribution in [0.25, 0.3) is 5.57 Å². The molecule has 1 amide bonds. The number of nitrogens with zero attached hydrogens (tertiary/aromatic N) is 1. The maximum atomic E-state index is 13.9. The van der Waals surface area contributed by atoms with Crippen molar-refractivity contribution in [1.82, 2.24) is 10.2 Å². The number of hydrogen-bond donors (Lipinski definition) is 4. The third-order valence-corrected chi connectivity index (χ3v) is 19.5. The van der Waals surface area contributed by atoms with Gasteiger partial charge in [-0.05, 0) is 157 Å². The van der Waals surface area contributed by atoms with Crippen LogP contribution in [0.2, 0.25) is 0 Å². The highest BCUT2D eigenvalue weighted by molar-refractivity contribution is 8.24. The maximum absolute atomic E-state index is 13.9. The third kappa shape index (κ3) is 5.60. The van der Waals surface area contributed by atoms with Crippen LogP contribution < -0.4 is 5.32 Å². The van der Waals surface area contributed by atoms with E-state index in [1.807, 2.05) is 17.0 Å². The molecule has 5 saturated carbocycles. The SMILES string of the molecule is C=C(C)[C@@H]1CC[C@]2(CNC3(C(=O)N4CCS(O)(O)CC4)CC3)CC[C@]3(C)[C@H](CC[C@@H]4[C@@]5(C)CC=C(c6ccc(C(=O)O)cc6)C(C)(C)[C@@H]5CC[C@]43C)[C@@H]12. The van der Waals surface area contributed by atoms with Crippen LogP contribution in [0.1, 0.15) is 128 Å². The van der Waals surface area contributed by atoms with Crippen molar-refractivity contribution in [2.45, 2.75) is 118 Å². The number of amides is 1. The Hall–Kier alpha value is -2.13. The van der Waals surface area contributed by atoms with Gasteiger partial charge in [0.25, 0.3) is 0 Å². The van der Waals surface area contributed by atoms with Crippen LogP contribution in [0.4, 0.5) is 0 Å². The molecule has 8 heteroatoms. The molecule has 7 nitrogen and oxygen atoms in total. The van der Waals surface area contributed by atoms with E-state index in [1.165, 1.54) is 68.1 Å². The predicted octanol–water partition coefficient (Wildman–Crippen LogP) is 9.75. The molecule has 6 aliphatic carbocycles. The van der Waals surface area contributed by atoms with Crippen molar-refractivity contribution >= 4 is 28.0 Å². The van der Waals surface area contributed by atoms with Gasteiger partial charge in [-0.3, -0.25) is 13.9 Å². The fourth-order valence-corrected chi connectivity index (χ4v) is 15.9. The van der Waals surface area contributed by atoms with Crippen LogP contribution in [0, 0.1) is 56.7 Å². The first-order valence-electron chi connectivity index (χ1n) is 20.8. The van der Waals surface area contributed by atoms with Crippen LogP contribution in [0.15, 0.2) is 42.5 Å². The molecule has 0 unspecified atom stereocenters. The second-order valence-electron chi connectivity index (χ2n) is 20.4. The average Bonchev–Trinajstić information content (AvgIpc) is 3.79. The zero-order chi connectivity index (χ0) is 38.0. The topological polar surface area (TPSA) is 110 Å². The summed E-state index contributed by atoms with van der Waals surface area (Å²) in [4.78, 5) is 27.4. The van der Waals surface area contributed by atoms with Gasteiger partial charge in [-0.25, -0.2) is 4.79 Å². The van der Waals surface area contributed by atoms with E-state index < -0.39 is 22.1 Å². The highest BCUT2D eigenvalue weighted by Crippen LogP contribution is 2.77. The van der Waals surface area contributed by atoms with Gasteiger partial charge in [0, 0.05) is 19.6 Å². The molecular weight excluding hydrogens is 681 g/mol. The van der Waals surface area contributed by atoms with Crippen LogP contribution in [0.5, 0.6) is 0 Å². The zero-order valence-corrected chi connectivity index (χ0v) is 34.1. The largest absolute Gasteiger partial charge is 0.478 e. The number of carboxylic acids is 1. The quantitative estimate of drug-likeness (QED) is 0.207. The van der Waals surface area contributed by atoms with Crippen molar-refractivity contribution in [1.29, 1.82) is 0 Å². The molecule has 0 aromatic heterocycles. The van der Waals surface area contributed by atoms with Gasteiger partial charge < -0.3 is 15.3 Å². The van der Waals surface area contributed by atoms with Gasteiger partial charge in [-0.1, -0.05) is 65.0 Å². The first kappa shape index (κ1) is 37.8. The number of rotatable bonds is 7. The lowest BCUT2D eigenvalue weighted by Crippen LogP contribution is -2.66. The lowest BCUT2D eigenvalue weighted by atomic mass is 9.32. The van der Waals surface area contributed by atoms with Gasteiger partial charge in [-0.2, -0.15) is 10.6 Å². The molecule has 1 aromatic carbocycles. The number of allylic oxidation sites excluding steroid dienone is 3. The fourth-order valence-electron chi connectivity index (χ4n) is 14.7. The molecule has 1 heterocycles. The number of carbonyl (C=O) groups excluding carboxylic acids is 1. The minimum absolute atomic E-state index is 0.00834. The second kappa shape index (κ2) is 12.4. The molecule has 0 bridgehead atoms. The Balaban J connectivity index is 1.05.